The standard InChI is InChI=1S/C12H17F2N3/c1-2-10-9(6-15)7-16-11(17-10)8-3-4-12(13,14)5-8/h7-8H,2-6,15H2,1H3. The van der Waals surface area contributed by atoms with Crippen molar-refractivity contribution in [3.05, 3.63) is 23.3 Å². The number of hydrogen-bond acceptors (Lipinski definition) is 3. The summed E-state index contributed by atoms with van der Waals surface area (Å²) in [7, 11) is 0. The highest BCUT2D eigenvalue weighted by Crippen LogP contribution is 2.43. The molecule has 1 aliphatic rings. The summed E-state index contributed by atoms with van der Waals surface area (Å²) < 4.78 is 26.3. The molecule has 1 saturated carbocycles. The van der Waals surface area contributed by atoms with Crippen molar-refractivity contribution in [1.29, 1.82) is 0 Å². The van der Waals surface area contributed by atoms with Gasteiger partial charge in [0, 0.05) is 42.8 Å². The molecule has 0 radical (unpaired) electrons. The summed E-state index contributed by atoms with van der Waals surface area (Å²) in [6, 6.07) is 0. The molecule has 1 unspecified atom stereocenters. The van der Waals surface area contributed by atoms with Crippen LogP contribution < -0.4 is 5.73 Å². The Morgan fingerprint density at radius 2 is 2.29 bits per heavy atom. The van der Waals surface area contributed by atoms with E-state index in [0.29, 0.717) is 18.8 Å². The zero-order valence-corrected chi connectivity index (χ0v) is 9.92. The number of aryl methyl sites for hydroxylation is 1. The Hall–Kier alpha value is -1.10. The third kappa shape index (κ3) is 2.60. The van der Waals surface area contributed by atoms with Crippen LogP contribution in [0.5, 0.6) is 0 Å². The van der Waals surface area contributed by atoms with Crippen LogP contribution in [0.25, 0.3) is 0 Å². The Morgan fingerprint density at radius 3 is 2.82 bits per heavy atom. The summed E-state index contributed by atoms with van der Waals surface area (Å²) in [5.74, 6) is -2.20. The maximum atomic E-state index is 13.1. The van der Waals surface area contributed by atoms with Gasteiger partial charge in [0.05, 0.1) is 0 Å². The van der Waals surface area contributed by atoms with Crippen LogP contribution in [0, 0.1) is 0 Å². The number of alkyl halides is 2. The summed E-state index contributed by atoms with van der Waals surface area (Å²) >= 11 is 0. The fourth-order valence-corrected chi connectivity index (χ4v) is 2.30. The Kier molecular flexibility index (Phi) is 3.38. The minimum atomic E-state index is -2.55. The second-order valence-corrected chi connectivity index (χ2v) is 4.55. The van der Waals surface area contributed by atoms with E-state index >= 15 is 0 Å². The van der Waals surface area contributed by atoms with E-state index in [4.69, 9.17) is 5.73 Å². The van der Waals surface area contributed by atoms with Gasteiger partial charge < -0.3 is 5.73 Å². The molecule has 0 saturated heterocycles. The molecular weight excluding hydrogens is 224 g/mol. The lowest BCUT2D eigenvalue weighted by Gasteiger charge is -2.12. The molecule has 2 rings (SSSR count). The zero-order chi connectivity index (χ0) is 12.5. The number of nitrogens with two attached hydrogens (primary N) is 1. The van der Waals surface area contributed by atoms with Crippen LogP contribution >= 0.6 is 0 Å². The van der Waals surface area contributed by atoms with E-state index < -0.39 is 5.92 Å². The van der Waals surface area contributed by atoms with E-state index in [1.54, 1.807) is 6.20 Å². The molecule has 1 aliphatic carbocycles. The van der Waals surface area contributed by atoms with Gasteiger partial charge in [0.25, 0.3) is 0 Å². The molecular formula is C12H17F2N3. The fourth-order valence-electron chi connectivity index (χ4n) is 2.30. The SMILES string of the molecule is CCc1nc(C2CCC(F)(F)C2)ncc1CN. The minimum absolute atomic E-state index is 0.0544. The van der Waals surface area contributed by atoms with E-state index in [1.807, 2.05) is 6.92 Å². The molecule has 3 nitrogen and oxygen atoms in total. The number of rotatable bonds is 3. The number of hydrogen-bond donors (Lipinski definition) is 1. The molecule has 0 amide bonds. The minimum Gasteiger partial charge on any atom is -0.326 e. The quantitative estimate of drug-likeness (QED) is 0.884. The van der Waals surface area contributed by atoms with Gasteiger partial charge in [-0.05, 0) is 12.8 Å². The molecule has 1 atom stereocenters. The molecule has 0 aliphatic heterocycles. The lowest BCUT2D eigenvalue weighted by Crippen LogP contribution is -2.12. The summed E-state index contributed by atoms with van der Waals surface area (Å²) in [5.41, 5.74) is 7.36. The zero-order valence-electron chi connectivity index (χ0n) is 9.92. The van der Waals surface area contributed by atoms with E-state index in [2.05, 4.69) is 9.97 Å². The average molecular weight is 241 g/mol. The van der Waals surface area contributed by atoms with Crippen molar-refractivity contribution in [2.24, 2.45) is 5.73 Å². The van der Waals surface area contributed by atoms with Gasteiger partial charge >= 0.3 is 0 Å². The van der Waals surface area contributed by atoms with E-state index in [0.717, 1.165) is 17.7 Å². The number of halogens is 2. The predicted octanol–water partition coefficient (Wildman–Crippen LogP) is 2.40. The average Bonchev–Trinajstić information content (AvgIpc) is 2.68. The Morgan fingerprint density at radius 1 is 1.53 bits per heavy atom. The summed E-state index contributed by atoms with van der Waals surface area (Å²) in [6.45, 7) is 2.37. The second kappa shape index (κ2) is 4.64. The van der Waals surface area contributed by atoms with Gasteiger partial charge in [0.15, 0.2) is 0 Å². The second-order valence-electron chi connectivity index (χ2n) is 4.55. The topological polar surface area (TPSA) is 51.8 Å². The lowest BCUT2D eigenvalue weighted by molar-refractivity contribution is 0.00753. The molecule has 0 spiro atoms. The van der Waals surface area contributed by atoms with Crippen LogP contribution in [0.2, 0.25) is 0 Å². The van der Waals surface area contributed by atoms with Crippen molar-refractivity contribution >= 4 is 0 Å². The molecule has 1 heterocycles. The number of nitrogens with zero attached hydrogens (tertiary/aromatic N) is 2. The normalized spacial score (nSPS) is 22.9. The van der Waals surface area contributed by atoms with Crippen molar-refractivity contribution in [1.82, 2.24) is 9.97 Å². The smallest absolute Gasteiger partial charge is 0.248 e. The van der Waals surface area contributed by atoms with Crippen LogP contribution in [0.15, 0.2) is 6.20 Å². The summed E-state index contributed by atoms with van der Waals surface area (Å²) in [5, 5.41) is 0. The maximum absolute atomic E-state index is 13.1. The van der Waals surface area contributed by atoms with Crippen LogP contribution in [-0.2, 0) is 13.0 Å². The van der Waals surface area contributed by atoms with Gasteiger partial charge in [-0.25, -0.2) is 18.7 Å². The van der Waals surface area contributed by atoms with Gasteiger partial charge in [-0.15, -0.1) is 0 Å². The monoisotopic (exact) mass is 241 g/mol. The van der Waals surface area contributed by atoms with Crippen LogP contribution in [0.3, 0.4) is 0 Å². The molecule has 0 aromatic carbocycles. The van der Waals surface area contributed by atoms with Gasteiger partial charge in [-0.2, -0.15) is 0 Å². The van der Waals surface area contributed by atoms with Crippen molar-refractivity contribution < 1.29 is 8.78 Å². The first-order valence-electron chi connectivity index (χ1n) is 5.98. The first-order valence-corrected chi connectivity index (χ1v) is 5.98. The largest absolute Gasteiger partial charge is 0.326 e. The van der Waals surface area contributed by atoms with Crippen molar-refractivity contribution in [3.63, 3.8) is 0 Å². The molecule has 5 heteroatoms. The summed E-state index contributed by atoms with van der Waals surface area (Å²) in [4.78, 5) is 8.57. The molecule has 1 aromatic heterocycles. The fraction of sp³-hybridized carbons (Fsp3) is 0.667. The first kappa shape index (κ1) is 12.4. The van der Waals surface area contributed by atoms with E-state index in [9.17, 15) is 8.78 Å². The summed E-state index contributed by atoms with van der Waals surface area (Å²) in [6.07, 6.45) is 2.72. The highest BCUT2D eigenvalue weighted by Gasteiger charge is 2.41. The van der Waals surface area contributed by atoms with E-state index in [-0.39, 0.29) is 18.8 Å². The predicted molar refractivity (Wildman–Crippen MR) is 60.8 cm³/mol. The van der Waals surface area contributed by atoms with Crippen molar-refractivity contribution in [2.45, 2.75) is 51.0 Å². The highest BCUT2D eigenvalue weighted by molar-refractivity contribution is 5.19. The Bertz CT molecular complexity index is 407. The molecule has 94 valence electrons. The Balaban J connectivity index is 2.23. The van der Waals surface area contributed by atoms with Crippen LogP contribution in [0.4, 0.5) is 8.78 Å². The van der Waals surface area contributed by atoms with E-state index in [1.165, 1.54) is 0 Å². The van der Waals surface area contributed by atoms with Gasteiger partial charge in [-0.3, -0.25) is 0 Å². The molecule has 17 heavy (non-hydrogen) atoms. The number of aromatic nitrogens is 2. The lowest BCUT2D eigenvalue weighted by atomic mass is 10.1. The van der Waals surface area contributed by atoms with Crippen LogP contribution in [0.1, 0.15) is 49.2 Å². The third-order valence-electron chi connectivity index (χ3n) is 3.30. The first-order chi connectivity index (χ1) is 8.05. The van der Waals surface area contributed by atoms with Gasteiger partial charge in [0.1, 0.15) is 5.82 Å². The van der Waals surface area contributed by atoms with Gasteiger partial charge in [-0.1, -0.05) is 6.92 Å². The third-order valence-corrected chi connectivity index (χ3v) is 3.30. The van der Waals surface area contributed by atoms with Crippen molar-refractivity contribution in [2.75, 3.05) is 0 Å². The maximum Gasteiger partial charge on any atom is 0.248 e. The molecule has 0 bridgehead atoms. The highest BCUT2D eigenvalue weighted by atomic mass is 19.3. The molecule has 2 N–H and O–H groups in total. The van der Waals surface area contributed by atoms with Crippen molar-refractivity contribution in [3.8, 4) is 0 Å². The van der Waals surface area contributed by atoms with Gasteiger partial charge in [0.2, 0.25) is 5.92 Å². The van der Waals surface area contributed by atoms with Crippen LogP contribution in [-0.4, -0.2) is 15.9 Å². The Labute approximate surface area is 99.5 Å². The molecule has 1 aromatic rings. The molecule has 1 fully saturated rings.